The van der Waals surface area contributed by atoms with Crippen LogP contribution >= 0.6 is 0 Å². The van der Waals surface area contributed by atoms with Crippen molar-refractivity contribution in [2.75, 3.05) is 0 Å². The average molecular weight is 332 g/mol. The second-order valence-electron chi connectivity index (χ2n) is 6.70. The Morgan fingerprint density at radius 2 is 2.12 bits per heavy atom. The summed E-state index contributed by atoms with van der Waals surface area (Å²) in [6, 6.07) is 13.3. The fraction of sp³-hybridized carbons (Fsp3) is 0.278. The molecule has 0 amide bonds. The first-order valence-electron chi connectivity index (χ1n) is 8.16. The molecular formula is C18H17BN4O2. The highest BCUT2D eigenvalue weighted by atomic mass is 16.7. The average Bonchev–Trinajstić information content (AvgIpc) is 3.15. The first kappa shape index (κ1) is 15.8. The van der Waals surface area contributed by atoms with Crippen LogP contribution in [-0.4, -0.2) is 33.6 Å². The van der Waals surface area contributed by atoms with Gasteiger partial charge in [0.1, 0.15) is 11.8 Å². The van der Waals surface area contributed by atoms with Crippen LogP contribution in [0.25, 0.3) is 16.7 Å². The van der Waals surface area contributed by atoms with Crippen molar-refractivity contribution < 1.29 is 9.31 Å². The van der Waals surface area contributed by atoms with Crippen LogP contribution in [-0.2, 0) is 9.31 Å². The maximum atomic E-state index is 9.06. The summed E-state index contributed by atoms with van der Waals surface area (Å²) in [5.41, 5.74) is 1.85. The van der Waals surface area contributed by atoms with Gasteiger partial charge in [-0.1, -0.05) is 18.2 Å². The van der Waals surface area contributed by atoms with Crippen LogP contribution in [0.3, 0.4) is 0 Å². The summed E-state index contributed by atoms with van der Waals surface area (Å²) in [5.74, 6) is 0.605. The first-order valence-corrected chi connectivity index (χ1v) is 8.16. The third kappa shape index (κ3) is 2.70. The van der Waals surface area contributed by atoms with E-state index in [-0.39, 0.29) is 11.7 Å². The predicted molar refractivity (Wildman–Crippen MR) is 94.7 cm³/mol. The molecule has 0 aliphatic carbocycles. The predicted octanol–water partition coefficient (Wildman–Crippen LogP) is 2.20. The number of nitriles is 1. The van der Waals surface area contributed by atoms with E-state index in [2.05, 4.69) is 16.2 Å². The maximum absolute atomic E-state index is 9.06. The molecule has 7 heteroatoms. The third-order valence-electron chi connectivity index (χ3n) is 4.65. The number of aromatic nitrogens is 3. The summed E-state index contributed by atoms with van der Waals surface area (Å²) < 4.78 is 13.7. The Labute approximate surface area is 146 Å². The first-order chi connectivity index (χ1) is 12.0. The Balaban J connectivity index is 1.77. The number of pyridine rings is 1. The lowest BCUT2D eigenvalue weighted by Gasteiger charge is -2.21. The quantitative estimate of drug-likeness (QED) is 0.673. The summed E-state index contributed by atoms with van der Waals surface area (Å²) >= 11 is 0. The van der Waals surface area contributed by atoms with Gasteiger partial charge < -0.3 is 9.31 Å². The summed E-state index contributed by atoms with van der Waals surface area (Å²) in [6.45, 7) is 6.07. The van der Waals surface area contributed by atoms with Gasteiger partial charge in [-0.3, -0.25) is 0 Å². The monoisotopic (exact) mass is 332 g/mol. The van der Waals surface area contributed by atoms with Crippen LogP contribution < -0.4 is 5.46 Å². The molecule has 0 N–H and O–H groups in total. The molecular weight excluding hydrogens is 315 g/mol. The van der Waals surface area contributed by atoms with Gasteiger partial charge in [-0.05, 0) is 44.4 Å². The van der Waals surface area contributed by atoms with E-state index in [1.165, 1.54) is 0 Å². The van der Waals surface area contributed by atoms with E-state index in [0.717, 1.165) is 16.4 Å². The molecule has 0 radical (unpaired) electrons. The Kier molecular flexibility index (Phi) is 3.60. The van der Waals surface area contributed by atoms with Gasteiger partial charge in [0, 0.05) is 5.39 Å². The van der Waals surface area contributed by atoms with Gasteiger partial charge in [-0.2, -0.15) is 10.4 Å². The van der Waals surface area contributed by atoms with Crippen LogP contribution in [0.4, 0.5) is 0 Å². The molecule has 1 aromatic carbocycles. The molecule has 25 heavy (non-hydrogen) atoms. The van der Waals surface area contributed by atoms with Crippen LogP contribution in [0.5, 0.6) is 0 Å². The van der Waals surface area contributed by atoms with Crippen molar-refractivity contribution in [2.45, 2.75) is 32.5 Å². The van der Waals surface area contributed by atoms with E-state index in [1.807, 2.05) is 45.0 Å². The maximum Gasteiger partial charge on any atom is 0.494 e. The Morgan fingerprint density at radius 3 is 2.84 bits per heavy atom. The topological polar surface area (TPSA) is 73.0 Å². The van der Waals surface area contributed by atoms with E-state index >= 15 is 0 Å². The standard InChI is InChI=1S/C18H17BN4O2/c1-12-18(2,3)25-19(24-12)14-8-7-13-11-21-23(16(13)9-14)17-6-4-5-15(10-20)22-17/h4-9,11-12H,1-3H3. The van der Waals surface area contributed by atoms with E-state index in [4.69, 9.17) is 14.6 Å². The van der Waals surface area contributed by atoms with Crippen molar-refractivity contribution in [3.05, 3.63) is 48.3 Å². The van der Waals surface area contributed by atoms with Gasteiger partial charge in [0.05, 0.1) is 23.4 Å². The van der Waals surface area contributed by atoms with Gasteiger partial charge in [0.15, 0.2) is 5.82 Å². The Hall–Kier alpha value is -2.69. The van der Waals surface area contributed by atoms with E-state index in [1.54, 1.807) is 23.0 Å². The van der Waals surface area contributed by atoms with Gasteiger partial charge >= 0.3 is 7.12 Å². The number of rotatable bonds is 2. The summed E-state index contributed by atoms with van der Waals surface area (Å²) in [5, 5.41) is 14.5. The molecule has 0 spiro atoms. The van der Waals surface area contributed by atoms with Gasteiger partial charge in [0.25, 0.3) is 0 Å². The van der Waals surface area contributed by atoms with Crippen molar-refractivity contribution in [1.29, 1.82) is 5.26 Å². The number of hydrogen-bond donors (Lipinski definition) is 0. The van der Waals surface area contributed by atoms with Gasteiger partial charge in [-0.15, -0.1) is 0 Å². The van der Waals surface area contributed by atoms with Crippen LogP contribution in [0.1, 0.15) is 26.5 Å². The molecule has 3 aromatic rings. The molecule has 1 atom stereocenters. The minimum Gasteiger partial charge on any atom is -0.402 e. The molecule has 6 nitrogen and oxygen atoms in total. The summed E-state index contributed by atoms with van der Waals surface area (Å²) in [6.07, 6.45) is 1.79. The normalized spacial score (nSPS) is 19.3. The molecule has 1 fully saturated rings. The zero-order chi connectivity index (χ0) is 17.6. The van der Waals surface area contributed by atoms with Crippen molar-refractivity contribution in [3.8, 4) is 11.9 Å². The number of fused-ring (bicyclic) bond motifs is 1. The molecule has 1 aliphatic rings. The summed E-state index contributed by atoms with van der Waals surface area (Å²) in [4.78, 5) is 4.32. The zero-order valence-electron chi connectivity index (χ0n) is 14.3. The molecule has 4 rings (SSSR count). The minimum absolute atomic E-state index is 0.00656. The molecule has 3 heterocycles. The highest BCUT2D eigenvalue weighted by molar-refractivity contribution is 6.62. The Morgan fingerprint density at radius 1 is 1.28 bits per heavy atom. The highest BCUT2D eigenvalue weighted by Crippen LogP contribution is 2.27. The van der Waals surface area contributed by atoms with Gasteiger partial charge in [-0.25, -0.2) is 9.67 Å². The van der Waals surface area contributed by atoms with E-state index < -0.39 is 7.12 Å². The second-order valence-corrected chi connectivity index (χ2v) is 6.70. The van der Waals surface area contributed by atoms with Crippen molar-refractivity contribution in [2.24, 2.45) is 0 Å². The lowest BCUT2D eigenvalue weighted by molar-refractivity contribution is 0.0842. The largest absolute Gasteiger partial charge is 0.494 e. The number of nitrogens with zero attached hydrogens (tertiary/aromatic N) is 4. The lowest BCUT2D eigenvalue weighted by atomic mass is 9.79. The van der Waals surface area contributed by atoms with Crippen molar-refractivity contribution in [1.82, 2.24) is 14.8 Å². The van der Waals surface area contributed by atoms with Crippen LogP contribution in [0.2, 0.25) is 0 Å². The van der Waals surface area contributed by atoms with E-state index in [9.17, 15) is 0 Å². The second kappa shape index (κ2) is 5.69. The summed E-state index contributed by atoms with van der Waals surface area (Å²) in [7, 11) is -0.406. The highest BCUT2D eigenvalue weighted by Gasteiger charge is 2.43. The van der Waals surface area contributed by atoms with Gasteiger partial charge in [0.2, 0.25) is 0 Å². The number of hydrogen-bond acceptors (Lipinski definition) is 5. The van der Waals surface area contributed by atoms with Crippen LogP contribution in [0.15, 0.2) is 42.6 Å². The lowest BCUT2D eigenvalue weighted by Crippen LogP contribution is -2.34. The fourth-order valence-electron chi connectivity index (χ4n) is 2.86. The van der Waals surface area contributed by atoms with E-state index in [0.29, 0.717) is 11.5 Å². The molecule has 0 bridgehead atoms. The van der Waals surface area contributed by atoms with Crippen molar-refractivity contribution >= 4 is 23.5 Å². The third-order valence-corrected chi connectivity index (χ3v) is 4.65. The molecule has 2 aromatic heterocycles. The number of benzene rings is 1. The zero-order valence-corrected chi connectivity index (χ0v) is 14.3. The van der Waals surface area contributed by atoms with Crippen LogP contribution in [0, 0.1) is 11.3 Å². The minimum atomic E-state index is -0.406. The molecule has 0 saturated carbocycles. The Bertz CT molecular complexity index is 992. The molecule has 1 unspecified atom stereocenters. The molecule has 1 aliphatic heterocycles. The SMILES string of the molecule is CC1OB(c2ccc3cnn(-c4cccc(C#N)n4)c3c2)OC1(C)C. The fourth-order valence-corrected chi connectivity index (χ4v) is 2.86. The van der Waals surface area contributed by atoms with Crippen molar-refractivity contribution in [3.63, 3.8) is 0 Å². The molecule has 124 valence electrons. The smallest absolute Gasteiger partial charge is 0.402 e. The molecule has 1 saturated heterocycles.